The van der Waals surface area contributed by atoms with Crippen LogP contribution in [0.25, 0.3) is 31.7 Å². The number of rotatable bonds is 9. The van der Waals surface area contributed by atoms with E-state index in [1.54, 1.807) is 30.3 Å². The van der Waals surface area contributed by atoms with Gasteiger partial charge in [0.05, 0.1) is 33.9 Å². The quantitative estimate of drug-likeness (QED) is 0.0453. The Balaban J connectivity index is 1.01. The number of aryl methyl sites for hydroxylation is 2. The summed E-state index contributed by atoms with van der Waals surface area (Å²) in [5.41, 5.74) is 9.43. The molecule has 6 aromatic carbocycles. The molecule has 0 amide bonds. The fourth-order valence-corrected chi connectivity index (χ4v) is 8.50. The van der Waals surface area contributed by atoms with Gasteiger partial charge in [-0.2, -0.15) is 32.2 Å². The van der Waals surface area contributed by atoms with E-state index in [2.05, 4.69) is 31.3 Å². The molecule has 0 saturated carbocycles. The molecule has 6 aromatic rings. The first-order chi connectivity index (χ1) is 29.5. The molecule has 18 heteroatoms. The molecule has 0 aliphatic heterocycles. The van der Waals surface area contributed by atoms with Crippen LogP contribution in [0.5, 0.6) is 11.5 Å². The largest absolute Gasteiger partial charge is 0.507 e. The van der Waals surface area contributed by atoms with Crippen molar-refractivity contribution in [1.29, 1.82) is 0 Å². The number of nitrogens with zero attached hydrogens (tertiary/aromatic N) is 4. The molecule has 0 spiro atoms. The fourth-order valence-electron chi connectivity index (χ4n) is 7.08. The number of phenolic OH excluding ortho intramolecular Hbond substituents is 2. The molecule has 310 valence electrons. The molecule has 0 unspecified atom stereocenters. The van der Waals surface area contributed by atoms with Crippen molar-refractivity contribution < 1.29 is 45.7 Å². The van der Waals surface area contributed by atoms with E-state index in [1.807, 2.05) is 56.3 Å². The average Bonchev–Trinajstić information content (AvgIpc) is 3.22. The lowest BCUT2D eigenvalue weighted by molar-refractivity contribution is 0.105. The van der Waals surface area contributed by atoms with Gasteiger partial charge in [0.15, 0.2) is 0 Å². The van der Waals surface area contributed by atoms with Gasteiger partial charge in [0.2, 0.25) is 11.6 Å². The Morgan fingerprint density at radius 1 is 0.516 bits per heavy atom. The molecule has 0 bridgehead atoms. The van der Waals surface area contributed by atoms with E-state index in [4.69, 9.17) is 0 Å². The number of allylic oxidation sites excluding steroid dienone is 2. The van der Waals surface area contributed by atoms with Gasteiger partial charge in [-0.05, 0) is 96.8 Å². The maximum Gasteiger partial charge on any atom is 0.295 e. The van der Waals surface area contributed by atoms with Crippen LogP contribution in [0, 0.1) is 13.8 Å². The van der Waals surface area contributed by atoms with E-state index < -0.39 is 53.1 Å². The first-order valence-corrected chi connectivity index (χ1v) is 21.3. The van der Waals surface area contributed by atoms with E-state index in [0.717, 1.165) is 34.4 Å². The minimum absolute atomic E-state index is 0.129. The van der Waals surface area contributed by atoms with Gasteiger partial charge in [0.1, 0.15) is 32.7 Å². The predicted molar refractivity (Wildman–Crippen MR) is 236 cm³/mol. The van der Waals surface area contributed by atoms with Crippen LogP contribution in [0.2, 0.25) is 0 Å². The van der Waals surface area contributed by atoms with Gasteiger partial charge >= 0.3 is 0 Å². The Morgan fingerprint density at radius 2 is 0.984 bits per heavy atom. The van der Waals surface area contributed by atoms with Gasteiger partial charge in [-0.3, -0.25) is 29.5 Å². The number of nitrogens with one attached hydrogen (secondary N) is 2. The summed E-state index contributed by atoms with van der Waals surface area (Å²) in [4.78, 5) is 25.3. The molecule has 0 radical (unpaired) electrons. The SMILES string of the molecule is Cc1cc(-c2ccc(NN=C3C=C(S(=O)(=O)O)c4cccc(O)c4C3=O)c(C)c2)ccc1N=Nc1ccc(NN=C2C=C(S(=O)(=O)O)c3cccc(O)c3C2=O)c2ccccc12. The molecule has 0 saturated heterocycles. The average molecular weight is 869 g/mol. The van der Waals surface area contributed by atoms with Gasteiger partial charge in [-0.15, -0.1) is 5.11 Å². The molecule has 0 aromatic heterocycles. The van der Waals surface area contributed by atoms with Gasteiger partial charge in [0, 0.05) is 21.9 Å². The van der Waals surface area contributed by atoms with E-state index in [9.17, 15) is 45.7 Å². The van der Waals surface area contributed by atoms with Crippen LogP contribution >= 0.6 is 0 Å². The summed E-state index contributed by atoms with van der Waals surface area (Å²) in [7, 11) is -9.54. The lowest BCUT2D eigenvalue weighted by Crippen LogP contribution is -2.23. The van der Waals surface area contributed by atoms with Crippen molar-refractivity contribution in [1.82, 2.24) is 0 Å². The van der Waals surface area contributed by atoms with E-state index in [0.29, 0.717) is 33.5 Å². The summed E-state index contributed by atoms with van der Waals surface area (Å²) < 4.78 is 68.3. The third-order valence-electron chi connectivity index (χ3n) is 10.1. The minimum Gasteiger partial charge on any atom is -0.507 e. The van der Waals surface area contributed by atoms with Crippen molar-refractivity contribution >= 4 is 86.6 Å². The number of aromatic hydroxyl groups is 2. The Hall–Kier alpha value is -7.64. The number of hydrogen-bond acceptors (Lipinski definition) is 14. The second-order valence-electron chi connectivity index (χ2n) is 14.2. The maximum atomic E-state index is 13.3. The third-order valence-corrected chi connectivity index (χ3v) is 11.9. The van der Waals surface area contributed by atoms with Crippen LogP contribution in [0.3, 0.4) is 0 Å². The number of hydrazone groups is 2. The number of fused-ring (bicyclic) bond motifs is 3. The highest BCUT2D eigenvalue weighted by Gasteiger charge is 2.34. The van der Waals surface area contributed by atoms with Gasteiger partial charge < -0.3 is 10.2 Å². The number of azo groups is 1. The Labute approximate surface area is 353 Å². The number of carbonyl (C=O) groups excluding carboxylic acids is 2. The minimum atomic E-state index is -4.78. The number of anilines is 2. The zero-order valence-corrected chi connectivity index (χ0v) is 34.0. The lowest BCUT2D eigenvalue weighted by atomic mass is 9.94. The zero-order chi connectivity index (χ0) is 44.1. The molecule has 0 atom stereocenters. The third kappa shape index (κ3) is 7.77. The monoisotopic (exact) mass is 868 g/mol. The normalized spacial score (nSPS) is 15.4. The standard InChI is InChI=1S/C44H32N6O10S2/c1-23-19-25(26-14-16-32(24(2)20-26)46-49-35-21-39(61(55,56)57)29-9-5-11-37(51)41(29)43(35)53)13-15-31(23)45-47-33-17-18-34(28-8-4-3-7-27(28)33)48-50-36-22-40(62(58,59)60)30-10-6-12-38(52)42(30)44(36)54/h3-22,46,48,51-52H,1-2H3,(H,55,56,57)(H,58,59,60). The topological polar surface area (TPSA) is 257 Å². The van der Waals surface area contributed by atoms with Crippen molar-refractivity contribution in [2.24, 2.45) is 20.4 Å². The van der Waals surface area contributed by atoms with Crippen LogP contribution in [0.1, 0.15) is 43.0 Å². The Morgan fingerprint density at radius 3 is 1.52 bits per heavy atom. The van der Waals surface area contributed by atoms with Crippen LogP contribution in [0.4, 0.5) is 22.7 Å². The van der Waals surface area contributed by atoms with Crippen molar-refractivity contribution in [3.8, 4) is 22.6 Å². The van der Waals surface area contributed by atoms with Crippen molar-refractivity contribution in [2.45, 2.75) is 13.8 Å². The number of phenols is 2. The van der Waals surface area contributed by atoms with Crippen LogP contribution in [0.15, 0.2) is 142 Å². The molecule has 8 rings (SSSR count). The summed E-state index contributed by atoms with van der Waals surface area (Å²) in [6.45, 7) is 3.71. The van der Waals surface area contributed by atoms with Gasteiger partial charge in [0.25, 0.3) is 20.2 Å². The van der Waals surface area contributed by atoms with Crippen molar-refractivity contribution in [2.75, 3.05) is 10.9 Å². The Kier molecular flexibility index (Phi) is 10.4. The molecular formula is C44H32N6O10S2. The molecule has 2 aliphatic rings. The number of hydrogen-bond donors (Lipinski definition) is 6. The van der Waals surface area contributed by atoms with E-state index in [1.165, 1.54) is 36.4 Å². The number of benzene rings is 6. The summed E-state index contributed by atoms with van der Waals surface area (Å²) in [6, 6.07) is 29.5. The molecule has 2 aliphatic carbocycles. The number of carbonyl (C=O) groups is 2. The van der Waals surface area contributed by atoms with E-state index >= 15 is 0 Å². The summed E-state index contributed by atoms with van der Waals surface area (Å²) >= 11 is 0. The predicted octanol–water partition coefficient (Wildman–Crippen LogP) is 8.74. The van der Waals surface area contributed by atoms with Crippen molar-refractivity contribution in [3.05, 3.63) is 155 Å². The summed E-state index contributed by atoms with van der Waals surface area (Å²) in [5, 5.41) is 39.4. The molecule has 6 N–H and O–H groups in total. The highest BCUT2D eigenvalue weighted by molar-refractivity contribution is 7.95. The van der Waals surface area contributed by atoms with Crippen LogP contribution < -0.4 is 10.9 Å². The Bertz CT molecular complexity index is 3340. The second-order valence-corrected chi connectivity index (χ2v) is 16.9. The molecular weight excluding hydrogens is 837 g/mol. The molecule has 16 nitrogen and oxygen atoms in total. The van der Waals surface area contributed by atoms with Crippen LogP contribution in [-0.4, -0.2) is 59.1 Å². The zero-order valence-electron chi connectivity index (χ0n) is 32.4. The maximum absolute atomic E-state index is 13.3. The second kappa shape index (κ2) is 15.8. The lowest BCUT2D eigenvalue weighted by Gasteiger charge is -2.17. The highest BCUT2D eigenvalue weighted by Crippen LogP contribution is 2.38. The number of ketones is 2. The van der Waals surface area contributed by atoms with Gasteiger partial charge in [-0.25, -0.2) is 0 Å². The van der Waals surface area contributed by atoms with Crippen LogP contribution in [-0.2, 0) is 20.2 Å². The number of Topliss-reactive ketones (excluding diaryl/α,β-unsaturated/α-hetero) is 2. The molecule has 0 fully saturated rings. The van der Waals surface area contributed by atoms with E-state index in [-0.39, 0.29) is 33.7 Å². The fraction of sp³-hybridized carbons (Fsp3) is 0.0455. The highest BCUT2D eigenvalue weighted by atomic mass is 32.2. The summed E-state index contributed by atoms with van der Waals surface area (Å²) in [5.74, 6) is -2.38. The molecule has 62 heavy (non-hydrogen) atoms. The molecule has 0 heterocycles. The smallest absolute Gasteiger partial charge is 0.295 e. The summed E-state index contributed by atoms with van der Waals surface area (Å²) in [6.07, 6.45) is 1.89. The van der Waals surface area contributed by atoms with Gasteiger partial charge in [-0.1, -0.05) is 60.7 Å². The first-order valence-electron chi connectivity index (χ1n) is 18.4. The first kappa shape index (κ1) is 41.1. The van der Waals surface area contributed by atoms with Crippen molar-refractivity contribution in [3.63, 3.8) is 0 Å².